The van der Waals surface area contributed by atoms with E-state index in [2.05, 4.69) is 219 Å². The fraction of sp³-hybridized carbons (Fsp3) is 0.0769. The molecule has 0 bridgehead atoms. The molecule has 0 aromatic heterocycles. The maximum atomic E-state index is 2.49. The molecule has 10 rings (SSSR count). The molecule has 0 unspecified atom stereocenters. The minimum absolute atomic E-state index is 0.141. The van der Waals surface area contributed by atoms with Gasteiger partial charge >= 0.3 is 0 Å². The summed E-state index contributed by atoms with van der Waals surface area (Å²) in [6, 6.07) is 73.9. The van der Waals surface area contributed by atoms with Crippen molar-refractivity contribution in [2.24, 2.45) is 0 Å². The van der Waals surface area contributed by atoms with Gasteiger partial charge in [-0.1, -0.05) is 178 Å². The van der Waals surface area contributed by atoms with E-state index in [0.717, 1.165) is 17.1 Å². The fourth-order valence-corrected chi connectivity index (χ4v) is 9.32. The minimum atomic E-state index is -0.459. The van der Waals surface area contributed by atoms with E-state index in [1.807, 2.05) is 0 Å². The molecule has 0 saturated carbocycles. The first-order valence-corrected chi connectivity index (χ1v) is 18.6. The van der Waals surface area contributed by atoms with Crippen molar-refractivity contribution in [3.8, 4) is 33.4 Å². The van der Waals surface area contributed by atoms with Crippen LogP contribution in [-0.2, 0) is 10.8 Å². The van der Waals surface area contributed by atoms with Gasteiger partial charge in [0.1, 0.15) is 0 Å². The van der Waals surface area contributed by atoms with E-state index in [0.29, 0.717) is 0 Å². The molecule has 1 heteroatoms. The molecule has 1 nitrogen and oxygen atoms in total. The van der Waals surface area contributed by atoms with Crippen LogP contribution in [0.25, 0.3) is 33.4 Å². The van der Waals surface area contributed by atoms with Crippen molar-refractivity contribution >= 4 is 17.1 Å². The second-order valence-corrected chi connectivity index (χ2v) is 14.9. The van der Waals surface area contributed by atoms with Crippen LogP contribution in [-0.4, -0.2) is 0 Å². The monoisotopic (exact) mass is 677 g/mol. The highest BCUT2D eigenvalue weighted by Crippen LogP contribution is 2.62. The van der Waals surface area contributed by atoms with Gasteiger partial charge in [0.05, 0.1) is 5.41 Å². The third-order valence-electron chi connectivity index (χ3n) is 11.7. The summed E-state index contributed by atoms with van der Waals surface area (Å²) >= 11 is 0. The van der Waals surface area contributed by atoms with Crippen LogP contribution >= 0.6 is 0 Å². The first-order valence-electron chi connectivity index (χ1n) is 18.6. The van der Waals surface area contributed by atoms with Crippen LogP contribution in [0.5, 0.6) is 0 Å². The van der Waals surface area contributed by atoms with Crippen molar-refractivity contribution in [3.63, 3.8) is 0 Å². The first kappa shape index (κ1) is 31.3. The van der Waals surface area contributed by atoms with Crippen molar-refractivity contribution in [1.82, 2.24) is 0 Å². The van der Waals surface area contributed by atoms with Crippen molar-refractivity contribution in [2.75, 3.05) is 4.90 Å². The fourth-order valence-electron chi connectivity index (χ4n) is 9.32. The molecule has 0 atom stereocenters. The van der Waals surface area contributed by atoms with Gasteiger partial charge in [-0.25, -0.2) is 0 Å². The molecule has 8 aromatic carbocycles. The standard InChI is InChI=1S/C52H39N/c1-51(2)46-24-11-13-26-48(46)52(49-27-14-12-25-47(49)51)45-23-10-9-22-43(45)44-33-32-42(35-50(44)52)53(40-30-28-38(29-31-40)36-16-5-3-6-17-36)41-21-15-20-39(34-41)37-18-7-4-8-19-37/h3-35H,1-2H3. The van der Waals surface area contributed by atoms with Crippen molar-refractivity contribution < 1.29 is 0 Å². The zero-order valence-corrected chi connectivity index (χ0v) is 30.0. The summed E-state index contributed by atoms with van der Waals surface area (Å²) < 4.78 is 0. The summed E-state index contributed by atoms with van der Waals surface area (Å²) in [4.78, 5) is 2.43. The van der Waals surface area contributed by atoms with Gasteiger partial charge < -0.3 is 4.90 Å². The van der Waals surface area contributed by atoms with Crippen molar-refractivity contribution in [3.05, 3.63) is 234 Å². The highest BCUT2D eigenvalue weighted by Gasteiger charge is 2.53. The molecule has 0 amide bonds. The summed E-state index contributed by atoms with van der Waals surface area (Å²) in [7, 11) is 0. The van der Waals surface area contributed by atoms with E-state index in [9.17, 15) is 0 Å². The SMILES string of the molecule is CC1(C)c2ccccc2C2(c3ccccc3-c3ccc(N(c4ccc(-c5ccccc5)cc4)c4cccc(-c5ccccc5)c4)cc32)c2ccccc21. The number of benzene rings is 8. The van der Waals surface area contributed by atoms with Crippen LogP contribution in [0, 0.1) is 0 Å². The molecule has 0 aliphatic heterocycles. The lowest BCUT2D eigenvalue weighted by Crippen LogP contribution is -2.40. The number of fused-ring (bicyclic) bond motifs is 9. The average Bonchev–Trinajstić information content (AvgIpc) is 3.51. The quantitative estimate of drug-likeness (QED) is 0.175. The molecule has 0 heterocycles. The Morgan fingerprint density at radius 1 is 0.302 bits per heavy atom. The molecule has 0 saturated heterocycles. The molecule has 8 aromatic rings. The Labute approximate surface area is 312 Å². The molecule has 2 aliphatic carbocycles. The zero-order chi connectivity index (χ0) is 35.6. The minimum Gasteiger partial charge on any atom is -0.310 e. The summed E-state index contributed by atoms with van der Waals surface area (Å²) in [5.41, 5.74) is 18.4. The smallest absolute Gasteiger partial charge is 0.0720 e. The summed E-state index contributed by atoms with van der Waals surface area (Å²) in [6.45, 7) is 4.77. The maximum Gasteiger partial charge on any atom is 0.0720 e. The Hall–Kier alpha value is -6.44. The van der Waals surface area contributed by atoms with Crippen LogP contribution in [0.1, 0.15) is 47.2 Å². The van der Waals surface area contributed by atoms with Gasteiger partial charge in [0, 0.05) is 22.5 Å². The number of nitrogens with zero attached hydrogens (tertiary/aromatic N) is 1. The Kier molecular flexibility index (Phi) is 7.13. The molecule has 1 spiro atoms. The van der Waals surface area contributed by atoms with Gasteiger partial charge in [-0.2, -0.15) is 0 Å². The molecule has 2 aliphatic rings. The van der Waals surface area contributed by atoms with Gasteiger partial charge in [-0.3, -0.25) is 0 Å². The van der Waals surface area contributed by atoms with Gasteiger partial charge in [0.15, 0.2) is 0 Å². The molecule has 252 valence electrons. The van der Waals surface area contributed by atoms with Crippen molar-refractivity contribution in [1.29, 1.82) is 0 Å². The zero-order valence-electron chi connectivity index (χ0n) is 30.0. The molecular formula is C52H39N. The highest BCUT2D eigenvalue weighted by molar-refractivity contribution is 5.91. The summed E-state index contributed by atoms with van der Waals surface area (Å²) in [5, 5.41) is 0. The van der Waals surface area contributed by atoms with Gasteiger partial charge in [-0.15, -0.1) is 0 Å². The predicted molar refractivity (Wildman–Crippen MR) is 221 cm³/mol. The van der Waals surface area contributed by atoms with E-state index in [1.54, 1.807) is 0 Å². The van der Waals surface area contributed by atoms with Crippen molar-refractivity contribution in [2.45, 2.75) is 24.7 Å². The van der Waals surface area contributed by atoms with Crippen LogP contribution in [0.15, 0.2) is 200 Å². The number of anilines is 3. The lowest BCUT2D eigenvalue weighted by molar-refractivity contribution is 0.563. The lowest BCUT2D eigenvalue weighted by Gasteiger charge is -2.46. The summed E-state index contributed by atoms with van der Waals surface area (Å²) in [5.74, 6) is 0. The third-order valence-corrected chi connectivity index (χ3v) is 11.7. The Morgan fingerprint density at radius 2 is 0.755 bits per heavy atom. The Bertz CT molecular complexity index is 2580. The number of hydrogen-bond acceptors (Lipinski definition) is 1. The van der Waals surface area contributed by atoms with Gasteiger partial charge in [0.25, 0.3) is 0 Å². The third kappa shape index (κ3) is 4.70. The van der Waals surface area contributed by atoms with Crippen LogP contribution in [0.4, 0.5) is 17.1 Å². The molecule has 0 fully saturated rings. The molecule has 53 heavy (non-hydrogen) atoms. The van der Waals surface area contributed by atoms with Crippen LogP contribution in [0.3, 0.4) is 0 Å². The van der Waals surface area contributed by atoms with E-state index in [1.165, 1.54) is 66.8 Å². The largest absolute Gasteiger partial charge is 0.310 e. The topological polar surface area (TPSA) is 3.24 Å². The molecular weight excluding hydrogens is 639 g/mol. The number of hydrogen-bond donors (Lipinski definition) is 0. The predicted octanol–water partition coefficient (Wildman–Crippen LogP) is 13.5. The Morgan fingerprint density at radius 3 is 1.40 bits per heavy atom. The van der Waals surface area contributed by atoms with Crippen LogP contribution in [0.2, 0.25) is 0 Å². The maximum absolute atomic E-state index is 2.49. The average molecular weight is 678 g/mol. The highest BCUT2D eigenvalue weighted by atomic mass is 15.1. The Balaban J connectivity index is 1.23. The summed E-state index contributed by atoms with van der Waals surface area (Å²) in [6.07, 6.45) is 0. The lowest BCUT2D eigenvalue weighted by atomic mass is 9.55. The van der Waals surface area contributed by atoms with E-state index in [-0.39, 0.29) is 5.41 Å². The van der Waals surface area contributed by atoms with E-state index in [4.69, 9.17) is 0 Å². The molecule has 0 N–H and O–H groups in total. The molecule has 0 radical (unpaired) electrons. The van der Waals surface area contributed by atoms with Crippen LogP contribution < -0.4 is 4.90 Å². The normalized spacial score (nSPS) is 14.2. The second kappa shape index (κ2) is 12.1. The first-order chi connectivity index (χ1) is 26.0. The van der Waals surface area contributed by atoms with Gasteiger partial charge in [0.2, 0.25) is 0 Å². The van der Waals surface area contributed by atoms with Gasteiger partial charge in [-0.05, 0) is 103 Å². The second-order valence-electron chi connectivity index (χ2n) is 14.9. The van der Waals surface area contributed by atoms with E-state index < -0.39 is 5.41 Å². The van der Waals surface area contributed by atoms with E-state index >= 15 is 0 Å². The number of rotatable bonds is 5.